The molecule has 0 radical (unpaired) electrons. The average molecular weight is 881 g/mol. The highest BCUT2D eigenvalue weighted by atomic mass is 16.7. The van der Waals surface area contributed by atoms with Crippen LogP contribution in [0.1, 0.15) is 261 Å². The fourth-order valence-electron chi connectivity index (χ4n) is 10.5. The summed E-state index contributed by atoms with van der Waals surface area (Å²) in [6.45, 7) is 19.7. The number of rotatable bonds is 37. The van der Waals surface area contributed by atoms with Gasteiger partial charge in [-0.05, 0) is 93.9 Å². The molecule has 0 atom stereocenters. The van der Waals surface area contributed by atoms with Crippen LogP contribution in [0.5, 0.6) is 0 Å². The van der Waals surface area contributed by atoms with Crippen molar-refractivity contribution >= 4 is 11.9 Å². The van der Waals surface area contributed by atoms with Gasteiger partial charge in [0.15, 0.2) is 0 Å². The Kier molecular flexibility index (Phi) is 29.0. The van der Waals surface area contributed by atoms with Crippen LogP contribution in [0.4, 0.5) is 0 Å². The molecule has 0 saturated carbocycles. The molecular formula is C52H100N2O8. The van der Waals surface area contributed by atoms with E-state index in [-0.39, 0.29) is 46.3 Å². The monoisotopic (exact) mass is 881 g/mol. The van der Waals surface area contributed by atoms with E-state index in [1.807, 2.05) is 0 Å². The van der Waals surface area contributed by atoms with Gasteiger partial charge in [-0.1, -0.05) is 128 Å². The number of hydrogen-bond donors (Lipinski definition) is 2. The number of piperidine rings is 2. The predicted octanol–water partition coefficient (Wildman–Crippen LogP) is 12.9. The van der Waals surface area contributed by atoms with E-state index in [1.54, 1.807) is 0 Å². The number of esters is 2. The Bertz CT molecular complexity index is 1040. The van der Waals surface area contributed by atoms with Crippen LogP contribution in [0.3, 0.4) is 0 Å². The molecule has 0 aliphatic carbocycles. The lowest BCUT2D eigenvalue weighted by molar-refractivity contribution is -0.293. The number of nitrogens with zero attached hydrogens (tertiary/aromatic N) is 2. The van der Waals surface area contributed by atoms with E-state index in [0.717, 1.165) is 116 Å². The Balaban J connectivity index is 1.52. The summed E-state index contributed by atoms with van der Waals surface area (Å²) in [5.41, 5.74) is -0.902. The summed E-state index contributed by atoms with van der Waals surface area (Å²) in [6.07, 6.45) is 33.6. The normalized spacial score (nSPS) is 19.2. The van der Waals surface area contributed by atoms with Gasteiger partial charge in [-0.15, -0.1) is 0 Å². The summed E-state index contributed by atoms with van der Waals surface area (Å²) in [5, 5.41) is 22.1. The SMILES string of the molecule is CC1(C)CC(OC(=O)CCCCCCCCC(=O)OC2CC(C)(C)N(OCCCCCCCCCCCCO)C(C)(C)C2)CC(C)(C)N1OCCCCCCCCCCCCO. The van der Waals surface area contributed by atoms with Crippen molar-refractivity contribution in [2.45, 2.75) is 295 Å². The van der Waals surface area contributed by atoms with Crippen LogP contribution in [0, 0.1) is 0 Å². The number of hydrogen-bond acceptors (Lipinski definition) is 10. The maximum absolute atomic E-state index is 12.9. The van der Waals surface area contributed by atoms with Crippen LogP contribution in [-0.4, -0.2) is 93.1 Å². The van der Waals surface area contributed by atoms with E-state index in [9.17, 15) is 9.59 Å². The molecule has 0 aromatic heterocycles. The summed E-state index contributed by atoms with van der Waals surface area (Å²) in [6, 6.07) is 0. The third-order valence-electron chi connectivity index (χ3n) is 13.3. The van der Waals surface area contributed by atoms with Crippen LogP contribution >= 0.6 is 0 Å². The third kappa shape index (κ3) is 24.3. The van der Waals surface area contributed by atoms with Gasteiger partial charge in [-0.25, -0.2) is 0 Å². The van der Waals surface area contributed by atoms with E-state index in [1.165, 1.54) is 89.9 Å². The minimum absolute atomic E-state index is 0.0909. The first kappa shape index (κ1) is 56.8. The number of aliphatic hydroxyl groups excluding tert-OH is 2. The summed E-state index contributed by atoms with van der Waals surface area (Å²) >= 11 is 0. The maximum Gasteiger partial charge on any atom is 0.306 e. The van der Waals surface area contributed by atoms with E-state index < -0.39 is 0 Å². The second kappa shape index (κ2) is 31.6. The highest BCUT2D eigenvalue weighted by molar-refractivity contribution is 5.70. The first-order valence-corrected chi connectivity index (χ1v) is 26.0. The molecule has 10 heteroatoms. The van der Waals surface area contributed by atoms with Crippen LogP contribution in [0.15, 0.2) is 0 Å². The number of hydroxylamine groups is 4. The molecule has 10 nitrogen and oxygen atoms in total. The molecule has 0 spiro atoms. The van der Waals surface area contributed by atoms with Gasteiger partial charge >= 0.3 is 11.9 Å². The smallest absolute Gasteiger partial charge is 0.306 e. The van der Waals surface area contributed by atoms with Crippen molar-refractivity contribution in [2.75, 3.05) is 26.4 Å². The maximum atomic E-state index is 12.9. The van der Waals surface area contributed by atoms with Gasteiger partial charge in [-0.2, -0.15) is 10.1 Å². The zero-order valence-corrected chi connectivity index (χ0v) is 41.8. The largest absolute Gasteiger partial charge is 0.462 e. The van der Waals surface area contributed by atoms with Crippen molar-refractivity contribution in [2.24, 2.45) is 0 Å². The summed E-state index contributed by atoms with van der Waals surface area (Å²) in [5.74, 6) is -0.182. The van der Waals surface area contributed by atoms with E-state index in [0.29, 0.717) is 26.1 Å². The molecule has 2 heterocycles. The lowest BCUT2D eigenvalue weighted by atomic mass is 9.80. The topological polar surface area (TPSA) is 118 Å². The van der Waals surface area contributed by atoms with E-state index in [2.05, 4.69) is 65.5 Å². The molecule has 2 rings (SSSR count). The van der Waals surface area contributed by atoms with Crippen LogP contribution in [0.2, 0.25) is 0 Å². The quantitative estimate of drug-likeness (QED) is 0.0461. The minimum Gasteiger partial charge on any atom is -0.462 e. The highest BCUT2D eigenvalue weighted by Gasteiger charge is 2.49. The molecular weight excluding hydrogens is 781 g/mol. The Labute approximate surface area is 381 Å². The van der Waals surface area contributed by atoms with Crippen molar-refractivity contribution in [1.29, 1.82) is 0 Å². The molecule has 2 saturated heterocycles. The average Bonchev–Trinajstić information content (AvgIpc) is 3.17. The number of carbonyl (C=O) groups is 2. The second-order valence-electron chi connectivity index (χ2n) is 21.7. The van der Waals surface area contributed by atoms with Crippen molar-refractivity contribution < 1.29 is 39.0 Å². The molecule has 2 N–H and O–H groups in total. The fraction of sp³-hybridized carbons (Fsp3) is 0.962. The molecule has 0 aromatic carbocycles. The minimum atomic E-state index is -0.225. The summed E-state index contributed by atoms with van der Waals surface area (Å²) < 4.78 is 12.1. The molecule has 2 fully saturated rings. The Morgan fingerprint density at radius 3 is 0.871 bits per heavy atom. The molecule has 366 valence electrons. The van der Waals surface area contributed by atoms with Gasteiger partial charge < -0.3 is 19.7 Å². The number of carbonyl (C=O) groups excluding carboxylic acids is 2. The van der Waals surface area contributed by atoms with Gasteiger partial charge in [0.25, 0.3) is 0 Å². The number of ether oxygens (including phenoxy) is 2. The third-order valence-corrected chi connectivity index (χ3v) is 13.3. The van der Waals surface area contributed by atoms with Gasteiger partial charge in [0.1, 0.15) is 12.2 Å². The highest BCUT2D eigenvalue weighted by Crippen LogP contribution is 2.41. The van der Waals surface area contributed by atoms with E-state index >= 15 is 0 Å². The standard InChI is InChI=1S/C52H100N2O8/c1-49(2)41-45(42-50(3,4)53(49)59-39-33-27-21-15-11-9-13-19-25-31-37-55)61-47(57)35-29-23-17-18-24-30-36-48(58)62-46-43-51(5,6)54(52(7,8)44-46)60-40-34-28-22-16-12-10-14-20-26-32-38-56/h45-46,55-56H,9-44H2,1-8H3. The molecule has 0 aromatic rings. The second-order valence-corrected chi connectivity index (χ2v) is 21.7. The van der Waals surface area contributed by atoms with Crippen molar-refractivity contribution in [3.8, 4) is 0 Å². The van der Waals surface area contributed by atoms with Crippen molar-refractivity contribution in [1.82, 2.24) is 10.1 Å². The number of aliphatic hydroxyl groups is 2. The van der Waals surface area contributed by atoms with Gasteiger partial charge in [0.05, 0.1) is 13.2 Å². The van der Waals surface area contributed by atoms with Crippen LogP contribution < -0.4 is 0 Å². The lowest BCUT2D eigenvalue weighted by Gasteiger charge is -2.53. The van der Waals surface area contributed by atoms with Gasteiger partial charge in [0, 0.05) is 73.9 Å². The van der Waals surface area contributed by atoms with Crippen LogP contribution in [-0.2, 0) is 28.7 Å². The molecule has 0 unspecified atom stereocenters. The number of unbranched alkanes of at least 4 members (excludes halogenated alkanes) is 23. The first-order chi connectivity index (χ1) is 29.5. The summed E-state index contributed by atoms with van der Waals surface area (Å²) in [7, 11) is 0. The molecule has 2 aliphatic heterocycles. The zero-order chi connectivity index (χ0) is 45.7. The van der Waals surface area contributed by atoms with Gasteiger partial charge in [0.2, 0.25) is 0 Å². The lowest BCUT2D eigenvalue weighted by Crippen LogP contribution is -2.62. The molecule has 0 amide bonds. The Morgan fingerprint density at radius 1 is 0.387 bits per heavy atom. The molecule has 2 aliphatic rings. The Morgan fingerprint density at radius 2 is 0.613 bits per heavy atom. The summed E-state index contributed by atoms with van der Waals surface area (Å²) in [4.78, 5) is 38.6. The Hall–Kier alpha value is -1.30. The van der Waals surface area contributed by atoms with Gasteiger partial charge in [-0.3, -0.25) is 19.3 Å². The first-order valence-electron chi connectivity index (χ1n) is 26.0. The zero-order valence-electron chi connectivity index (χ0n) is 41.8. The molecule has 0 bridgehead atoms. The van der Waals surface area contributed by atoms with Crippen molar-refractivity contribution in [3.05, 3.63) is 0 Å². The predicted molar refractivity (Wildman–Crippen MR) is 254 cm³/mol. The van der Waals surface area contributed by atoms with Crippen LogP contribution in [0.25, 0.3) is 0 Å². The van der Waals surface area contributed by atoms with E-state index in [4.69, 9.17) is 29.4 Å². The van der Waals surface area contributed by atoms with Crippen molar-refractivity contribution in [3.63, 3.8) is 0 Å². The molecule has 62 heavy (non-hydrogen) atoms. The fourth-order valence-corrected chi connectivity index (χ4v) is 10.5.